The highest BCUT2D eigenvalue weighted by atomic mass is 35.5. The molecule has 2 heterocycles. The summed E-state index contributed by atoms with van der Waals surface area (Å²) < 4.78 is 6.87. The zero-order valence-electron chi connectivity index (χ0n) is 11.1. The first kappa shape index (κ1) is 14.5. The zero-order valence-corrected chi connectivity index (χ0v) is 11.9. The van der Waals surface area contributed by atoms with Gasteiger partial charge in [-0.1, -0.05) is 0 Å². The van der Waals surface area contributed by atoms with Gasteiger partial charge in [-0.15, -0.1) is 11.6 Å². The summed E-state index contributed by atoms with van der Waals surface area (Å²) in [6, 6.07) is 0. The Bertz CT molecular complexity index is 601. The molecule has 0 fully saturated rings. The molecule has 8 heteroatoms. The Morgan fingerprint density at radius 2 is 2.35 bits per heavy atom. The van der Waals surface area contributed by atoms with Crippen LogP contribution in [-0.2, 0) is 16.1 Å². The average molecular weight is 298 g/mol. The van der Waals surface area contributed by atoms with Gasteiger partial charge in [-0.25, -0.2) is 9.97 Å². The summed E-state index contributed by atoms with van der Waals surface area (Å²) in [7, 11) is 0. The van der Waals surface area contributed by atoms with Crippen molar-refractivity contribution < 1.29 is 9.53 Å². The fourth-order valence-corrected chi connectivity index (χ4v) is 2.04. The fourth-order valence-electron chi connectivity index (χ4n) is 1.79. The lowest BCUT2D eigenvalue weighted by molar-refractivity contribution is -0.142. The van der Waals surface area contributed by atoms with Crippen LogP contribution in [0.4, 0.5) is 5.95 Å². The van der Waals surface area contributed by atoms with Crippen molar-refractivity contribution in [2.75, 3.05) is 18.2 Å². The van der Waals surface area contributed by atoms with E-state index in [0.29, 0.717) is 30.2 Å². The maximum absolute atomic E-state index is 10.8. The van der Waals surface area contributed by atoms with Gasteiger partial charge in [0.05, 0.1) is 19.1 Å². The first-order chi connectivity index (χ1) is 9.60. The Morgan fingerprint density at radius 1 is 1.55 bits per heavy atom. The third kappa shape index (κ3) is 3.57. The molecule has 0 aliphatic rings. The molecule has 0 saturated carbocycles. The number of rotatable bonds is 6. The number of nitrogens with two attached hydrogens (primary N) is 1. The predicted octanol–water partition coefficient (Wildman–Crippen LogP) is 1.22. The summed E-state index contributed by atoms with van der Waals surface area (Å²) in [4.78, 5) is 23.1. The van der Waals surface area contributed by atoms with Crippen LogP contribution in [0.1, 0.15) is 13.3 Å². The smallest absolute Gasteiger partial charge is 0.302 e. The molecule has 0 spiro atoms. The number of nitrogens with zero attached hydrogens (tertiary/aromatic N) is 4. The number of halogens is 1. The molecule has 0 aliphatic carbocycles. The third-order valence-electron chi connectivity index (χ3n) is 2.90. The second-order valence-corrected chi connectivity index (χ2v) is 4.80. The molecule has 0 saturated heterocycles. The summed E-state index contributed by atoms with van der Waals surface area (Å²) in [5.41, 5.74) is 6.96. The maximum Gasteiger partial charge on any atom is 0.302 e. The number of anilines is 1. The molecule has 7 nitrogen and oxygen atoms in total. The van der Waals surface area contributed by atoms with Crippen molar-refractivity contribution in [2.24, 2.45) is 5.92 Å². The molecule has 0 bridgehead atoms. The van der Waals surface area contributed by atoms with E-state index in [1.165, 1.54) is 6.92 Å². The SMILES string of the molecule is CC(=O)OCC(CCl)CCn1cnc2cnc(N)nc21. The molecule has 2 aromatic rings. The van der Waals surface area contributed by atoms with Gasteiger partial charge in [-0.2, -0.15) is 4.98 Å². The number of fused-ring (bicyclic) bond motifs is 1. The molecule has 0 aliphatic heterocycles. The van der Waals surface area contributed by atoms with Crippen molar-refractivity contribution in [3.63, 3.8) is 0 Å². The lowest BCUT2D eigenvalue weighted by Crippen LogP contribution is -2.16. The monoisotopic (exact) mass is 297 g/mol. The van der Waals surface area contributed by atoms with Crippen molar-refractivity contribution in [1.82, 2.24) is 19.5 Å². The van der Waals surface area contributed by atoms with Gasteiger partial charge >= 0.3 is 5.97 Å². The van der Waals surface area contributed by atoms with Gasteiger partial charge in [-0.05, 0) is 6.42 Å². The van der Waals surface area contributed by atoms with Crippen LogP contribution in [0.5, 0.6) is 0 Å². The molecule has 108 valence electrons. The van der Waals surface area contributed by atoms with Crippen molar-refractivity contribution >= 4 is 34.7 Å². The lowest BCUT2D eigenvalue weighted by Gasteiger charge is -2.13. The van der Waals surface area contributed by atoms with Gasteiger partial charge in [0.15, 0.2) is 5.65 Å². The van der Waals surface area contributed by atoms with Gasteiger partial charge in [0, 0.05) is 25.3 Å². The van der Waals surface area contributed by atoms with Gasteiger partial charge in [-0.3, -0.25) is 4.79 Å². The number of ether oxygens (including phenoxy) is 1. The fraction of sp³-hybridized carbons (Fsp3) is 0.500. The molecule has 20 heavy (non-hydrogen) atoms. The highest BCUT2D eigenvalue weighted by Crippen LogP contribution is 2.14. The minimum absolute atomic E-state index is 0.0946. The van der Waals surface area contributed by atoms with Crippen molar-refractivity contribution in [1.29, 1.82) is 0 Å². The van der Waals surface area contributed by atoms with E-state index < -0.39 is 0 Å². The number of aryl methyl sites for hydroxylation is 1. The van der Waals surface area contributed by atoms with E-state index in [-0.39, 0.29) is 17.8 Å². The van der Waals surface area contributed by atoms with E-state index in [0.717, 1.165) is 6.42 Å². The van der Waals surface area contributed by atoms with E-state index in [1.54, 1.807) is 12.5 Å². The number of carbonyl (C=O) groups excluding carboxylic acids is 1. The van der Waals surface area contributed by atoms with Crippen LogP contribution in [0.2, 0.25) is 0 Å². The standard InChI is InChI=1S/C12H16ClN5O2/c1-8(19)20-6-9(4-13)2-3-18-7-16-10-5-15-12(14)17-11(10)18/h5,7,9H,2-4,6H2,1H3,(H2,14,15,17). The molecule has 0 amide bonds. The maximum atomic E-state index is 10.8. The zero-order chi connectivity index (χ0) is 14.5. The molecule has 2 rings (SSSR count). The van der Waals surface area contributed by atoms with Crippen LogP contribution in [0, 0.1) is 5.92 Å². The minimum Gasteiger partial charge on any atom is -0.466 e. The van der Waals surface area contributed by atoms with E-state index in [2.05, 4.69) is 15.0 Å². The molecular weight excluding hydrogens is 282 g/mol. The largest absolute Gasteiger partial charge is 0.466 e. The number of carbonyl (C=O) groups is 1. The van der Waals surface area contributed by atoms with Crippen molar-refractivity contribution in [3.05, 3.63) is 12.5 Å². The summed E-state index contributed by atoms with van der Waals surface area (Å²) in [6.45, 7) is 2.38. The van der Waals surface area contributed by atoms with Crippen molar-refractivity contribution in [2.45, 2.75) is 19.9 Å². The van der Waals surface area contributed by atoms with Crippen LogP contribution in [0.3, 0.4) is 0 Å². The van der Waals surface area contributed by atoms with Crippen LogP contribution < -0.4 is 5.73 Å². The summed E-state index contributed by atoms with van der Waals surface area (Å²) >= 11 is 5.87. The number of hydrogen-bond donors (Lipinski definition) is 1. The molecule has 1 atom stereocenters. The quantitative estimate of drug-likeness (QED) is 0.636. The van der Waals surface area contributed by atoms with Crippen LogP contribution in [-0.4, -0.2) is 38.0 Å². The Hall–Kier alpha value is -1.89. The second-order valence-electron chi connectivity index (χ2n) is 4.49. The Morgan fingerprint density at radius 3 is 3.05 bits per heavy atom. The first-order valence-corrected chi connectivity index (χ1v) is 6.76. The number of alkyl halides is 1. The molecule has 0 radical (unpaired) electrons. The van der Waals surface area contributed by atoms with Crippen LogP contribution >= 0.6 is 11.6 Å². The van der Waals surface area contributed by atoms with E-state index in [1.807, 2.05) is 4.57 Å². The predicted molar refractivity (Wildman–Crippen MR) is 75.2 cm³/mol. The number of imidazole rings is 1. The normalized spacial score (nSPS) is 12.5. The van der Waals surface area contributed by atoms with Gasteiger partial charge in [0.25, 0.3) is 0 Å². The summed E-state index contributed by atoms with van der Waals surface area (Å²) in [5, 5.41) is 0. The van der Waals surface area contributed by atoms with Gasteiger partial charge < -0.3 is 15.0 Å². The molecule has 2 aromatic heterocycles. The van der Waals surface area contributed by atoms with Crippen LogP contribution in [0.15, 0.2) is 12.5 Å². The van der Waals surface area contributed by atoms with Crippen molar-refractivity contribution in [3.8, 4) is 0 Å². The summed E-state index contributed by atoms with van der Waals surface area (Å²) in [6.07, 6.45) is 4.04. The van der Waals surface area contributed by atoms with E-state index in [9.17, 15) is 4.79 Å². The number of aromatic nitrogens is 4. The average Bonchev–Trinajstić information content (AvgIpc) is 2.81. The second kappa shape index (κ2) is 6.51. The lowest BCUT2D eigenvalue weighted by atomic mass is 10.1. The Kier molecular flexibility index (Phi) is 4.73. The third-order valence-corrected chi connectivity index (χ3v) is 3.33. The highest BCUT2D eigenvalue weighted by Gasteiger charge is 2.12. The van der Waals surface area contributed by atoms with Gasteiger partial charge in [0.2, 0.25) is 5.95 Å². The molecule has 0 aromatic carbocycles. The molecule has 2 N–H and O–H groups in total. The van der Waals surface area contributed by atoms with E-state index in [4.69, 9.17) is 22.1 Å². The van der Waals surface area contributed by atoms with Crippen LogP contribution in [0.25, 0.3) is 11.2 Å². The number of hydrogen-bond acceptors (Lipinski definition) is 6. The Labute approximate surface area is 121 Å². The molecule has 1 unspecified atom stereocenters. The number of esters is 1. The topological polar surface area (TPSA) is 95.9 Å². The highest BCUT2D eigenvalue weighted by molar-refractivity contribution is 6.18. The van der Waals surface area contributed by atoms with Gasteiger partial charge in [0.1, 0.15) is 5.52 Å². The number of nitrogen functional groups attached to an aromatic ring is 1. The summed E-state index contributed by atoms with van der Waals surface area (Å²) in [5.74, 6) is 0.441. The molecular formula is C12H16ClN5O2. The minimum atomic E-state index is -0.297. The Balaban J connectivity index is 2.00. The van der Waals surface area contributed by atoms with E-state index >= 15 is 0 Å². The first-order valence-electron chi connectivity index (χ1n) is 6.23.